The number of cyclic esters (lactones) is 1. The molecule has 1 aromatic rings. The summed E-state index contributed by atoms with van der Waals surface area (Å²) in [6.45, 7) is -0.339. The Balaban J connectivity index is 1.59. The highest BCUT2D eigenvalue weighted by molar-refractivity contribution is 6.19. The van der Waals surface area contributed by atoms with Gasteiger partial charge < -0.3 is 9.47 Å². The minimum atomic E-state index is -0.759. The summed E-state index contributed by atoms with van der Waals surface area (Å²) in [5.41, 5.74) is 0.527. The van der Waals surface area contributed by atoms with Gasteiger partial charge in [0.1, 0.15) is 6.61 Å². The average Bonchev–Trinajstić information content (AvgIpc) is 3.18. The van der Waals surface area contributed by atoms with Gasteiger partial charge >= 0.3 is 12.1 Å². The Labute approximate surface area is 142 Å². The van der Waals surface area contributed by atoms with E-state index in [0.29, 0.717) is 5.69 Å². The van der Waals surface area contributed by atoms with Gasteiger partial charge in [0.2, 0.25) is 11.8 Å². The lowest BCUT2D eigenvalue weighted by atomic mass is 10.2. The van der Waals surface area contributed by atoms with E-state index in [1.54, 1.807) is 0 Å². The van der Waals surface area contributed by atoms with Gasteiger partial charge in [-0.15, -0.1) is 0 Å². The smallest absolute Gasteiger partial charge is 0.416 e. The van der Waals surface area contributed by atoms with Crippen LogP contribution in [-0.4, -0.2) is 54.4 Å². The second-order valence-corrected chi connectivity index (χ2v) is 5.41. The molecule has 0 bridgehead atoms. The zero-order valence-corrected chi connectivity index (χ0v) is 13.1. The third-order valence-electron chi connectivity index (χ3n) is 3.80. The summed E-state index contributed by atoms with van der Waals surface area (Å²) < 4.78 is 9.50. The average molecular weight is 346 g/mol. The number of esters is 1. The fraction of sp³-hybridized carbons (Fsp3) is 0.312. The molecule has 3 rings (SSSR count). The van der Waals surface area contributed by atoms with E-state index in [2.05, 4.69) is 4.74 Å². The van der Waals surface area contributed by atoms with Crippen molar-refractivity contribution >= 4 is 35.5 Å². The van der Waals surface area contributed by atoms with Gasteiger partial charge in [-0.1, -0.05) is 0 Å². The van der Waals surface area contributed by atoms with Crippen LogP contribution in [0.1, 0.15) is 23.2 Å². The van der Waals surface area contributed by atoms with Gasteiger partial charge in [-0.2, -0.15) is 0 Å². The highest BCUT2D eigenvalue weighted by Crippen LogP contribution is 2.23. The van der Waals surface area contributed by atoms with E-state index in [9.17, 15) is 24.0 Å². The molecular formula is C16H14N2O7. The van der Waals surface area contributed by atoms with Crippen molar-refractivity contribution in [3.05, 3.63) is 29.8 Å². The van der Waals surface area contributed by atoms with Gasteiger partial charge in [-0.3, -0.25) is 19.3 Å². The Bertz CT molecular complexity index is 740. The van der Waals surface area contributed by atoms with Crippen LogP contribution in [0, 0.1) is 0 Å². The van der Waals surface area contributed by atoms with Crippen molar-refractivity contribution in [1.82, 2.24) is 4.90 Å². The van der Waals surface area contributed by atoms with E-state index in [1.807, 2.05) is 0 Å². The van der Waals surface area contributed by atoms with Gasteiger partial charge in [0.25, 0.3) is 5.91 Å². The second kappa shape index (κ2) is 6.71. The van der Waals surface area contributed by atoms with Gasteiger partial charge in [0, 0.05) is 12.8 Å². The van der Waals surface area contributed by atoms with E-state index < -0.39 is 24.6 Å². The van der Waals surface area contributed by atoms with Gasteiger partial charge in [-0.05, 0) is 24.3 Å². The molecule has 1 aromatic carbocycles. The Morgan fingerprint density at radius 3 is 2.24 bits per heavy atom. The Kier molecular flexibility index (Phi) is 4.46. The van der Waals surface area contributed by atoms with E-state index in [0.717, 1.165) is 9.80 Å². The van der Waals surface area contributed by atoms with Crippen molar-refractivity contribution < 1.29 is 33.4 Å². The summed E-state index contributed by atoms with van der Waals surface area (Å²) in [5.74, 6) is -2.00. The zero-order valence-electron chi connectivity index (χ0n) is 13.1. The molecule has 0 radical (unpaired) electrons. The maximum atomic E-state index is 12.0. The first-order valence-electron chi connectivity index (χ1n) is 7.57. The molecular weight excluding hydrogens is 332 g/mol. The zero-order chi connectivity index (χ0) is 18.0. The molecule has 4 amide bonds. The molecule has 130 valence electrons. The molecule has 2 fully saturated rings. The topological polar surface area (TPSA) is 110 Å². The van der Waals surface area contributed by atoms with Crippen LogP contribution in [0.4, 0.5) is 10.5 Å². The summed E-state index contributed by atoms with van der Waals surface area (Å²) in [4.78, 5) is 60.2. The number of carbonyl (C=O) groups is 5. The minimum absolute atomic E-state index is 0.119. The number of rotatable bonds is 4. The monoisotopic (exact) mass is 346 g/mol. The van der Waals surface area contributed by atoms with Crippen molar-refractivity contribution in [1.29, 1.82) is 0 Å². The molecule has 2 aliphatic rings. The molecule has 0 unspecified atom stereocenters. The molecule has 0 aromatic heterocycles. The fourth-order valence-electron chi connectivity index (χ4n) is 2.52. The minimum Gasteiger partial charge on any atom is -0.452 e. The number of hydrogen-bond acceptors (Lipinski definition) is 7. The summed E-state index contributed by atoms with van der Waals surface area (Å²) in [6.07, 6.45) is -0.418. The SMILES string of the molecule is O=C(OCC(=O)N1CCOC1=O)c1ccc(N2C(=O)CCC2=O)cc1. The first-order valence-corrected chi connectivity index (χ1v) is 7.57. The number of nitrogens with zero attached hydrogens (tertiary/aromatic N) is 2. The Hall–Kier alpha value is -3.23. The molecule has 0 aliphatic carbocycles. The van der Waals surface area contributed by atoms with E-state index >= 15 is 0 Å². The maximum Gasteiger partial charge on any atom is 0.416 e. The van der Waals surface area contributed by atoms with Crippen LogP contribution in [0.2, 0.25) is 0 Å². The normalized spacial score (nSPS) is 17.0. The van der Waals surface area contributed by atoms with Crippen molar-refractivity contribution in [2.24, 2.45) is 0 Å². The first kappa shape index (κ1) is 16.6. The predicted octanol–water partition coefficient (Wildman–Crippen LogP) is 0.476. The fourth-order valence-corrected chi connectivity index (χ4v) is 2.52. The van der Waals surface area contributed by atoms with Gasteiger partial charge in [-0.25, -0.2) is 14.5 Å². The van der Waals surface area contributed by atoms with E-state index in [1.165, 1.54) is 24.3 Å². The lowest BCUT2D eigenvalue weighted by molar-refractivity contribution is -0.131. The molecule has 2 saturated heterocycles. The largest absolute Gasteiger partial charge is 0.452 e. The van der Waals surface area contributed by atoms with Crippen LogP contribution < -0.4 is 4.90 Å². The second-order valence-electron chi connectivity index (χ2n) is 5.41. The Morgan fingerprint density at radius 1 is 1.04 bits per heavy atom. The van der Waals surface area contributed by atoms with Crippen LogP contribution in [0.15, 0.2) is 24.3 Å². The van der Waals surface area contributed by atoms with E-state index in [4.69, 9.17) is 4.74 Å². The van der Waals surface area contributed by atoms with Crippen LogP contribution in [0.5, 0.6) is 0 Å². The number of carbonyl (C=O) groups excluding carboxylic acids is 5. The summed E-state index contributed by atoms with van der Waals surface area (Å²) in [7, 11) is 0. The van der Waals surface area contributed by atoms with Crippen molar-refractivity contribution in [2.75, 3.05) is 24.7 Å². The summed E-state index contributed by atoms with van der Waals surface area (Å²) in [5, 5.41) is 0. The molecule has 0 atom stereocenters. The van der Waals surface area contributed by atoms with Crippen LogP contribution in [0.25, 0.3) is 0 Å². The first-order chi connectivity index (χ1) is 12.0. The molecule has 9 nitrogen and oxygen atoms in total. The molecule has 0 N–H and O–H groups in total. The summed E-state index contributed by atoms with van der Waals surface area (Å²) >= 11 is 0. The Morgan fingerprint density at radius 2 is 1.68 bits per heavy atom. The molecule has 2 heterocycles. The molecule has 0 saturated carbocycles. The lowest BCUT2D eigenvalue weighted by Gasteiger charge is -2.14. The molecule has 0 spiro atoms. The number of ether oxygens (including phenoxy) is 2. The maximum absolute atomic E-state index is 12.0. The number of hydrogen-bond donors (Lipinski definition) is 0. The third-order valence-corrected chi connectivity index (χ3v) is 3.80. The standard InChI is InChI=1S/C16H14N2O7/c19-12-5-6-13(20)18(12)11-3-1-10(2-4-11)15(22)25-9-14(21)17-7-8-24-16(17)23/h1-4H,5-9H2. The number of amides is 4. The highest BCUT2D eigenvalue weighted by Gasteiger charge is 2.31. The molecule has 9 heteroatoms. The number of anilines is 1. The van der Waals surface area contributed by atoms with Crippen molar-refractivity contribution in [3.63, 3.8) is 0 Å². The molecule has 2 aliphatic heterocycles. The lowest BCUT2D eigenvalue weighted by Crippen LogP contribution is -2.35. The van der Waals surface area contributed by atoms with Gasteiger partial charge in [0.15, 0.2) is 6.61 Å². The van der Waals surface area contributed by atoms with Gasteiger partial charge in [0.05, 0.1) is 17.8 Å². The van der Waals surface area contributed by atoms with Crippen LogP contribution >= 0.6 is 0 Å². The van der Waals surface area contributed by atoms with Crippen molar-refractivity contribution in [3.8, 4) is 0 Å². The third kappa shape index (κ3) is 3.35. The quantitative estimate of drug-likeness (QED) is 0.576. The summed E-state index contributed by atoms with van der Waals surface area (Å²) in [6, 6.07) is 5.70. The van der Waals surface area contributed by atoms with Crippen molar-refractivity contribution in [2.45, 2.75) is 12.8 Å². The number of imide groups is 2. The predicted molar refractivity (Wildman–Crippen MR) is 81.5 cm³/mol. The van der Waals surface area contributed by atoms with E-state index in [-0.39, 0.29) is 43.4 Å². The highest BCUT2D eigenvalue weighted by atomic mass is 16.6. The van der Waals surface area contributed by atoms with Crippen LogP contribution in [-0.2, 0) is 23.9 Å². The molecule has 25 heavy (non-hydrogen) atoms. The number of benzene rings is 1. The van der Waals surface area contributed by atoms with Crippen LogP contribution in [0.3, 0.4) is 0 Å².